The highest BCUT2D eigenvalue weighted by atomic mass is 32.1. The second kappa shape index (κ2) is 8.31. The largest absolute Gasteiger partial charge is 0.481 e. The summed E-state index contributed by atoms with van der Waals surface area (Å²) in [5.41, 5.74) is 3.90. The number of aryl methyl sites for hydroxylation is 1. The highest BCUT2D eigenvalue weighted by Crippen LogP contribution is 2.29. The SMILES string of the molecule is Cc1ccc(C(C)C)c(OC(C)C(=O)Nc2nc(-c3cccnc3)cs2)c1. The summed E-state index contributed by atoms with van der Waals surface area (Å²) in [5.74, 6) is 0.845. The van der Waals surface area contributed by atoms with Gasteiger partial charge < -0.3 is 4.74 Å². The van der Waals surface area contributed by atoms with Crippen LogP contribution in [0.4, 0.5) is 5.13 Å². The van der Waals surface area contributed by atoms with Crippen LogP contribution in [0.1, 0.15) is 37.8 Å². The standard InChI is InChI=1S/C21H23N3O2S/c1-13(2)17-8-7-14(3)10-19(17)26-15(4)20(25)24-21-23-18(12-27-21)16-6-5-9-22-11-16/h5-13,15H,1-4H3,(H,23,24,25). The van der Waals surface area contributed by atoms with E-state index in [4.69, 9.17) is 4.74 Å². The van der Waals surface area contributed by atoms with Gasteiger partial charge in [0.25, 0.3) is 5.91 Å². The Hall–Kier alpha value is -2.73. The number of hydrogen-bond donors (Lipinski definition) is 1. The van der Waals surface area contributed by atoms with Gasteiger partial charge in [0, 0.05) is 23.3 Å². The number of carbonyl (C=O) groups excluding carboxylic acids is 1. The molecule has 3 aromatic rings. The van der Waals surface area contributed by atoms with Crippen LogP contribution >= 0.6 is 11.3 Å². The summed E-state index contributed by atoms with van der Waals surface area (Å²) in [5, 5.41) is 5.28. The van der Waals surface area contributed by atoms with Crippen LogP contribution in [-0.2, 0) is 4.79 Å². The molecular formula is C21H23N3O2S. The molecule has 2 aromatic heterocycles. The van der Waals surface area contributed by atoms with E-state index in [1.807, 2.05) is 30.5 Å². The first kappa shape index (κ1) is 19.0. The first-order valence-corrected chi connectivity index (χ1v) is 9.76. The van der Waals surface area contributed by atoms with Gasteiger partial charge in [-0.2, -0.15) is 0 Å². The highest BCUT2D eigenvalue weighted by Gasteiger charge is 2.19. The lowest BCUT2D eigenvalue weighted by molar-refractivity contribution is -0.122. The van der Waals surface area contributed by atoms with Crippen molar-refractivity contribution in [3.8, 4) is 17.0 Å². The minimum atomic E-state index is -0.630. The van der Waals surface area contributed by atoms with Gasteiger partial charge in [-0.15, -0.1) is 11.3 Å². The van der Waals surface area contributed by atoms with Gasteiger partial charge in [0.1, 0.15) is 5.75 Å². The van der Waals surface area contributed by atoms with Crippen LogP contribution in [0.15, 0.2) is 48.1 Å². The van der Waals surface area contributed by atoms with Gasteiger partial charge in [0.15, 0.2) is 11.2 Å². The lowest BCUT2D eigenvalue weighted by Gasteiger charge is -2.19. The molecule has 0 spiro atoms. The van der Waals surface area contributed by atoms with Crippen LogP contribution in [0.25, 0.3) is 11.3 Å². The third kappa shape index (κ3) is 4.71. The van der Waals surface area contributed by atoms with Crippen LogP contribution in [0, 0.1) is 6.92 Å². The van der Waals surface area contributed by atoms with Gasteiger partial charge in [-0.25, -0.2) is 4.98 Å². The van der Waals surface area contributed by atoms with Crippen LogP contribution in [0.3, 0.4) is 0 Å². The zero-order valence-corrected chi connectivity index (χ0v) is 16.7. The number of ether oxygens (including phenoxy) is 1. The minimum Gasteiger partial charge on any atom is -0.481 e. The number of anilines is 1. The topological polar surface area (TPSA) is 64.1 Å². The van der Waals surface area contributed by atoms with E-state index in [-0.39, 0.29) is 5.91 Å². The van der Waals surface area contributed by atoms with E-state index in [0.29, 0.717) is 11.0 Å². The van der Waals surface area contributed by atoms with Crippen LogP contribution in [-0.4, -0.2) is 22.0 Å². The molecule has 3 rings (SSSR count). The number of carbonyl (C=O) groups is 1. The molecule has 0 radical (unpaired) electrons. The summed E-state index contributed by atoms with van der Waals surface area (Å²) in [4.78, 5) is 21.1. The molecule has 6 heteroatoms. The normalized spacial score (nSPS) is 12.0. The summed E-state index contributed by atoms with van der Waals surface area (Å²) in [6, 6.07) is 9.88. The molecule has 0 saturated carbocycles. The Morgan fingerprint density at radius 3 is 2.74 bits per heavy atom. The molecule has 0 aliphatic carbocycles. The van der Waals surface area contributed by atoms with E-state index in [2.05, 4.69) is 41.3 Å². The highest BCUT2D eigenvalue weighted by molar-refractivity contribution is 7.14. The Morgan fingerprint density at radius 1 is 1.22 bits per heavy atom. The maximum absolute atomic E-state index is 12.5. The number of thiazole rings is 1. The number of pyridine rings is 1. The molecule has 140 valence electrons. The maximum atomic E-state index is 12.5. The lowest BCUT2D eigenvalue weighted by atomic mass is 10.0. The summed E-state index contributed by atoms with van der Waals surface area (Å²) in [6.07, 6.45) is 2.83. The van der Waals surface area contributed by atoms with E-state index in [9.17, 15) is 4.79 Å². The third-order valence-corrected chi connectivity index (χ3v) is 4.91. The maximum Gasteiger partial charge on any atom is 0.266 e. The zero-order chi connectivity index (χ0) is 19.4. The predicted molar refractivity (Wildman–Crippen MR) is 109 cm³/mol. The Labute approximate surface area is 163 Å². The zero-order valence-electron chi connectivity index (χ0n) is 15.9. The smallest absolute Gasteiger partial charge is 0.266 e. The fourth-order valence-corrected chi connectivity index (χ4v) is 3.37. The van der Waals surface area contributed by atoms with Gasteiger partial charge in [-0.05, 0) is 49.1 Å². The van der Waals surface area contributed by atoms with E-state index in [1.165, 1.54) is 11.3 Å². The number of nitrogens with one attached hydrogen (secondary N) is 1. The summed E-state index contributed by atoms with van der Waals surface area (Å²) >= 11 is 1.38. The molecule has 5 nitrogen and oxygen atoms in total. The number of benzene rings is 1. The van der Waals surface area contributed by atoms with Crippen molar-refractivity contribution in [1.29, 1.82) is 0 Å². The molecule has 27 heavy (non-hydrogen) atoms. The van der Waals surface area contributed by atoms with Crippen molar-refractivity contribution in [2.45, 2.75) is 39.7 Å². The van der Waals surface area contributed by atoms with Gasteiger partial charge in [0.2, 0.25) is 0 Å². The van der Waals surface area contributed by atoms with Crippen LogP contribution in [0.2, 0.25) is 0 Å². The van der Waals surface area contributed by atoms with Gasteiger partial charge in [0.05, 0.1) is 5.69 Å². The quantitative estimate of drug-likeness (QED) is 0.649. The Bertz CT molecular complexity index is 922. The fraction of sp³-hybridized carbons (Fsp3) is 0.286. The summed E-state index contributed by atoms with van der Waals surface area (Å²) < 4.78 is 5.97. The molecular weight excluding hydrogens is 358 g/mol. The van der Waals surface area contributed by atoms with Crippen LogP contribution in [0.5, 0.6) is 5.75 Å². The van der Waals surface area contributed by atoms with Gasteiger partial charge in [-0.1, -0.05) is 26.0 Å². The number of nitrogens with zero attached hydrogens (tertiary/aromatic N) is 2. The van der Waals surface area contributed by atoms with Crippen molar-refractivity contribution in [1.82, 2.24) is 9.97 Å². The van der Waals surface area contributed by atoms with E-state index in [1.54, 1.807) is 19.3 Å². The van der Waals surface area contributed by atoms with Crippen molar-refractivity contribution in [3.63, 3.8) is 0 Å². The number of rotatable bonds is 6. The molecule has 0 saturated heterocycles. The molecule has 1 atom stereocenters. The number of hydrogen-bond acceptors (Lipinski definition) is 5. The van der Waals surface area contributed by atoms with Crippen molar-refractivity contribution in [3.05, 3.63) is 59.2 Å². The summed E-state index contributed by atoms with van der Waals surface area (Å²) in [7, 11) is 0. The van der Waals surface area contributed by atoms with Crippen molar-refractivity contribution in [2.24, 2.45) is 0 Å². The minimum absolute atomic E-state index is 0.224. The lowest BCUT2D eigenvalue weighted by Crippen LogP contribution is -2.30. The Balaban J connectivity index is 1.69. The molecule has 2 heterocycles. The monoisotopic (exact) mass is 381 g/mol. The molecule has 1 amide bonds. The third-order valence-electron chi connectivity index (χ3n) is 4.16. The average molecular weight is 382 g/mol. The first-order valence-electron chi connectivity index (χ1n) is 8.88. The molecule has 0 fully saturated rings. The van der Waals surface area contributed by atoms with E-state index >= 15 is 0 Å². The number of aromatic nitrogens is 2. The Morgan fingerprint density at radius 2 is 2.04 bits per heavy atom. The molecule has 1 aromatic carbocycles. The number of amides is 1. The molecule has 1 unspecified atom stereocenters. The van der Waals surface area contributed by atoms with Gasteiger partial charge in [-0.3, -0.25) is 15.1 Å². The van der Waals surface area contributed by atoms with Crippen LogP contribution < -0.4 is 10.1 Å². The van der Waals surface area contributed by atoms with Crippen molar-refractivity contribution < 1.29 is 9.53 Å². The molecule has 1 N–H and O–H groups in total. The molecule has 0 aliphatic rings. The predicted octanol–water partition coefficient (Wildman–Crippen LogP) is 5.04. The Kier molecular flexibility index (Phi) is 5.86. The summed E-state index contributed by atoms with van der Waals surface area (Å²) in [6.45, 7) is 7.98. The molecule has 0 bridgehead atoms. The van der Waals surface area contributed by atoms with Crippen molar-refractivity contribution in [2.75, 3.05) is 5.32 Å². The second-order valence-electron chi connectivity index (χ2n) is 6.72. The second-order valence-corrected chi connectivity index (χ2v) is 7.58. The van der Waals surface area contributed by atoms with E-state index < -0.39 is 6.10 Å². The van der Waals surface area contributed by atoms with Crippen molar-refractivity contribution >= 4 is 22.4 Å². The average Bonchev–Trinajstić information content (AvgIpc) is 3.10. The van der Waals surface area contributed by atoms with Gasteiger partial charge >= 0.3 is 0 Å². The van der Waals surface area contributed by atoms with E-state index in [0.717, 1.165) is 28.1 Å². The fourth-order valence-electron chi connectivity index (χ4n) is 2.65. The first-order chi connectivity index (χ1) is 12.9. The molecule has 0 aliphatic heterocycles.